The molecule has 2 aromatic rings. The summed E-state index contributed by atoms with van der Waals surface area (Å²) in [6, 6.07) is 2.93. The lowest BCUT2D eigenvalue weighted by molar-refractivity contribution is -0.107. The fourth-order valence-electron chi connectivity index (χ4n) is 1.21. The number of fused-ring (bicyclic) bond motifs is 1. The number of rotatable bonds is 2. The summed E-state index contributed by atoms with van der Waals surface area (Å²) in [7, 11) is 0. The van der Waals surface area contributed by atoms with Crippen molar-refractivity contribution in [3.63, 3.8) is 0 Å². The molecule has 2 aromatic heterocycles. The minimum absolute atomic E-state index is 0.223. The molecule has 4 heteroatoms. The Balaban J connectivity index is 2.61. The number of hydrogen-bond acceptors (Lipinski definition) is 2. The van der Waals surface area contributed by atoms with E-state index in [0.29, 0.717) is 5.69 Å². The molecule has 0 saturated heterocycles. The number of pyridine rings is 1. The van der Waals surface area contributed by atoms with E-state index in [1.165, 1.54) is 6.07 Å². The van der Waals surface area contributed by atoms with Gasteiger partial charge in [-0.05, 0) is 12.1 Å². The lowest BCUT2D eigenvalue weighted by Crippen LogP contribution is -1.85. The van der Waals surface area contributed by atoms with Gasteiger partial charge in [-0.3, -0.25) is 0 Å². The molecule has 13 heavy (non-hydrogen) atoms. The first kappa shape index (κ1) is 7.91. The Morgan fingerprint density at radius 3 is 3.15 bits per heavy atom. The van der Waals surface area contributed by atoms with E-state index >= 15 is 0 Å². The lowest BCUT2D eigenvalue weighted by Gasteiger charge is -1.90. The highest BCUT2D eigenvalue weighted by atomic mass is 19.1. The lowest BCUT2D eigenvalue weighted by atomic mass is 10.4. The van der Waals surface area contributed by atoms with E-state index in [0.717, 1.165) is 6.29 Å². The van der Waals surface area contributed by atoms with Crippen LogP contribution in [0.2, 0.25) is 0 Å². The van der Waals surface area contributed by atoms with Crippen LogP contribution in [0.25, 0.3) is 5.65 Å². The van der Waals surface area contributed by atoms with Crippen LogP contribution in [0.15, 0.2) is 24.5 Å². The highest BCUT2D eigenvalue weighted by Gasteiger charge is 2.04. The summed E-state index contributed by atoms with van der Waals surface area (Å²) in [6.07, 6.45) is 4.31. The fraction of sp³-hybridized carbons (Fsp3) is 0.111. The van der Waals surface area contributed by atoms with Crippen molar-refractivity contribution in [1.82, 2.24) is 9.38 Å². The standard InChI is InChI=1S/C9H7FN2O/c10-8-2-1-4-12-6-7(3-5-13)11-9(8)12/h1-2,4-6H,3H2. The zero-order valence-corrected chi connectivity index (χ0v) is 6.77. The second-order valence-corrected chi connectivity index (χ2v) is 2.69. The summed E-state index contributed by atoms with van der Waals surface area (Å²) < 4.78 is 14.6. The van der Waals surface area contributed by atoms with E-state index in [2.05, 4.69) is 4.98 Å². The second-order valence-electron chi connectivity index (χ2n) is 2.69. The quantitative estimate of drug-likeness (QED) is 0.648. The number of nitrogens with zero attached hydrogens (tertiary/aromatic N) is 2. The average molecular weight is 178 g/mol. The van der Waals surface area contributed by atoms with Crippen LogP contribution in [0.1, 0.15) is 5.69 Å². The van der Waals surface area contributed by atoms with Gasteiger partial charge in [-0.25, -0.2) is 9.37 Å². The monoisotopic (exact) mass is 178 g/mol. The van der Waals surface area contributed by atoms with E-state index in [1.807, 2.05) is 0 Å². The molecule has 0 radical (unpaired) electrons. The van der Waals surface area contributed by atoms with Gasteiger partial charge in [-0.1, -0.05) is 0 Å². The number of carbonyl (C=O) groups is 1. The highest BCUT2D eigenvalue weighted by Crippen LogP contribution is 2.08. The molecule has 0 saturated carbocycles. The minimum Gasteiger partial charge on any atom is -0.304 e. The van der Waals surface area contributed by atoms with Crippen molar-refractivity contribution in [2.24, 2.45) is 0 Å². The highest BCUT2D eigenvalue weighted by molar-refractivity contribution is 5.55. The maximum Gasteiger partial charge on any atom is 0.173 e. The molecule has 0 spiro atoms. The number of carbonyl (C=O) groups excluding carboxylic acids is 1. The number of halogens is 1. The second kappa shape index (κ2) is 2.97. The van der Waals surface area contributed by atoms with Crippen LogP contribution in [0.5, 0.6) is 0 Å². The van der Waals surface area contributed by atoms with Crippen LogP contribution < -0.4 is 0 Å². The van der Waals surface area contributed by atoms with E-state index in [9.17, 15) is 9.18 Å². The summed E-state index contributed by atoms with van der Waals surface area (Å²) in [5.41, 5.74) is 0.847. The molecule has 0 unspecified atom stereocenters. The Bertz CT molecular complexity index is 450. The zero-order chi connectivity index (χ0) is 9.26. The van der Waals surface area contributed by atoms with Crippen LogP contribution in [-0.4, -0.2) is 15.7 Å². The van der Waals surface area contributed by atoms with Gasteiger partial charge in [0.25, 0.3) is 0 Å². The molecule has 0 aliphatic rings. The molecule has 66 valence electrons. The fourth-order valence-corrected chi connectivity index (χ4v) is 1.21. The first-order chi connectivity index (χ1) is 6.31. The normalized spacial score (nSPS) is 10.5. The van der Waals surface area contributed by atoms with Crippen molar-refractivity contribution in [3.05, 3.63) is 36.0 Å². The van der Waals surface area contributed by atoms with Gasteiger partial charge in [0.2, 0.25) is 0 Å². The van der Waals surface area contributed by atoms with Gasteiger partial charge in [0.1, 0.15) is 6.29 Å². The summed E-state index contributed by atoms with van der Waals surface area (Å²) in [6.45, 7) is 0. The SMILES string of the molecule is O=CCc1cn2cccc(F)c2n1. The Morgan fingerprint density at radius 2 is 2.46 bits per heavy atom. The van der Waals surface area contributed by atoms with Crippen LogP contribution in [0, 0.1) is 5.82 Å². The van der Waals surface area contributed by atoms with E-state index < -0.39 is 0 Å². The molecule has 0 aliphatic carbocycles. The predicted molar refractivity (Wildman–Crippen MR) is 44.9 cm³/mol. The molecule has 3 nitrogen and oxygen atoms in total. The van der Waals surface area contributed by atoms with Gasteiger partial charge < -0.3 is 9.20 Å². The van der Waals surface area contributed by atoms with Crippen molar-refractivity contribution < 1.29 is 9.18 Å². The number of aldehydes is 1. The van der Waals surface area contributed by atoms with Crippen molar-refractivity contribution in [3.8, 4) is 0 Å². The van der Waals surface area contributed by atoms with E-state index in [1.54, 1.807) is 22.9 Å². The molecular weight excluding hydrogens is 171 g/mol. The molecule has 2 rings (SSSR count). The summed E-state index contributed by atoms with van der Waals surface area (Å²) in [4.78, 5) is 14.2. The third-order valence-corrected chi connectivity index (χ3v) is 1.78. The summed E-state index contributed by atoms with van der Waals surface area (Å²) in [5.74, 6) is -0.375. The smallest absolute Gasteiger partial charge is 0.173 e. The number of aromatic nitrogens is 2. The Hall–Kier alpha value is -1.71. The first-order valence-corrected chi connectivity index (χ1v) is 3.87. The predicted octanol–water partition coefficient (Wildman–Crippen LogP) is 1.21. The van der Waals surface area contributed by atoms with Gasteiger partial charge in [-0.2, -0.15) is 0 Å². The number of imidazole rings is 1. The molecule has 0 aliphatic heterocycles. The minimum atomic E-state index is -0.375. The van der Waals surface area contributed by atoms with Crippen molar-refractivity contribution >= 4 is 11.9 Å². The third kappa shape index (κ3) is 1.30. The van der Waals surface area contributed by atoms with Crippen LogP contribution in [-0.2, 0) is 11.2 Å². The van der Waals surface area contributed by atoms with Crippen LogP contribution in [0.3, 0.4) is 0 Å². The molecule has 0 N–H and O–H groups in total. The third-order valence-electron chi connectivity index (χ3n) is 1.78. The molecule has 2 heterocycles. The molecule has 0 aromatic carbocycles. The molecule has 0 bridgehead atoms. The van der Waals surface area contributed by atoms with Gasteiger partial charge in [0.15, 0.2) is 11.5 Å². The molecule has 0 amide bonds. The largest absolute Gasteiger partial charge is 0.304 e. The molecule has 0 fully saturated rings. The maximum absolute atomic E-state index is 13.1. The Labute approximate surface area is 73.8 Å². The topological polar surface area (TPSA) is 34.4 Å². The van der Waals surface area contributed by atoms with Crippen LogP contribution >= 0.6 is 0 Å². The molecule has 0 atom stereocenters. The van der Waals surface area contributed by atoms with Gasteiger partial charge in [0.05, 0.1) is 5.69 Å². The summed E-state index contributed by atoms with van der Waals surface area (Å²) >= 11 is 0. The van der Waals surface area contributed by atoms with Gasteiger partial charge >= 0.3 is 0 Å². The van der Waals surface area contributed by atoms with Crippen molar-refractivity contribution in [1.29, 1.82) is 0 Å². The van der Waals surface area contributed by atoms with Crippen molar-refractivity contribution in [2.75, 3.05) is 0 Å². The van der Waals surface area contributed by atoms with Gasteiger partial charge in [-0.15, -0.1) is 0 Å². The zero-order valence-electron chi connectivity index (χ0n) is 6.77. The summed E-state index contributed by atoms with van der Waals surface area (Å²) in [5, 5.41) is 0. The van der Waals surface area contributed by atoms with E-state index in [-0.39, 0.29) is 17.9 Å². The maximum atomic E-state index is 13.1. The molecular formula is C9H7FN2O. The Morgan fingerprint density at radius 1 is 1.62 bits per heavy atom. The van der Waals surface area contributed by atoms with Crippen LogP contribution in [0.4, 0.5) is 4.39 Å². The first-order valence-electron chi connectivity index (χ1n) is 3.87. The Kier molecular flexibility index (Phi) is 1.81. The van der Waals surface area contributed by atoms with Crippen molar-refractivity contribution in [2.45, 2.75) is 6.42 Å². The number of hydrogen-bond donors (Lipinski definition) is 0. The van der Waals surface area contributed by atoms with E-state index in [4.69, 9.17) is 0 Å². The van der Waals surface area contributed by atoms with Gasteiger partial charge in [0, 0.05) is 18.8 Å². The average Bonchev–Trinajstić information content (AvgIpc) is 2.49.